The minimum Gasteiger partial charge on any atom is -0.483 e. The topological polar surface area (TPSA) is 98.5 Å². The number of ether oxygens (including phenoxy) is 1. The summed E-state index contributed by atoms with van der Waals surface area (Å²) in [4.78, 5) is 32.5. The maximum Gasteiger partial charge on any atom is 0.258 e. The lowest BCUT2D eigenvalue weighted by Gasteiger charge is -2.08. The maximum atomic E-state index is 11.2. The third kappa shape index (κ3) is 4.54. The van der Waals surface area contributed by atoms with Gasteiger partial charge in [0.25, 0.3) is 5.91 Å². The molecule has 6 nitrogen and oxygen atoms in total. The number of hydrogen-bond acceptors (Lipinski definition) is 4. The molecule has 1 aromatic rings. The number of aldehydes is 1. The van der Waals surface area contributed by atoms with Crippen LogP contribution in [-0.4, -0.2) is 31.3 Å². The first kappa shape index (κ1) is 14.2. The number of nitrogens with one attached hydrogen (secondary N) is 1. The van der Waals surface area contributed by atoms with E-state index in [0.717, 1.165) is 4.47 Å². The van der Waals surface area contributed by atoms with Crippen LogP contribution in [0.4, 0.5) is 0 Å². The maximum absolute atomic E-state index is 11.2. The lowest BCUT2D eigenvalue weighted by molar-refractivity contribution is -0.126. The number of benzene rings is 1. The van der Waals surface area contributed by atoms with Crippen molar-refractivity contribution in [2.75, 3.05) is 13.2 Å². The normalized spacial score (nSPS) is 9.61. The van der Waals surface area contributed by atoms with Gasteiger partial charge in [0.2, 0.25) is 5.91 Å². The number of primary amides is 1. The molecule has 0 aromatic heterocycles. The summed E-state index contributed by atoms with van der Waals surface area (Å²) in [6.45, 7) is -0.543. The highest BCUT2D eigenvalue weighted by molar-refractivity contribution is 9.10. The van der Waals surface area contributed by atoms with Crippen LogP contribution in [-0.2, 0) is 9.59 Å². The predicted molar refractivity (Wildman–Crippen MR) is 67.2 cm³/mol. The summed E-state index contributed by atoms with van der Waals surface area (Å²) in [6, 6.07) is 4.82. The molecule has 3 N–H and O–H groups in total. The summed E-state index contributed by atoms with van der Waals surface area (Å²) >= 11 is 3.21. The van der Waals surface area contributed by atoms with Crippen LogP contribution in [0.25, 0.3) is 0 Å². The second-order valence-corrected chi connectivity index (χ2v) is 4.25. The molecule has 0 fully saturated rings. The number of nitrogens with two attached hydrogens (primary N) is 1. The smallest absolute Gasteiger partial charge is 0.258 e. The van der Waals surface area contributed by atoms with Gasteiger partial charge in [0.15, 0.2) is 12.9 Å². The van der Waals surface area contributed by atoms with Crippen molar-refractivity contribution in [1.82, 2.24) is 5.32 Å². The van der Waals surface area contributed by atoms with Crippen LogP contribution in [0, 0.1) is 0 Å². The molecular weight excluding hydrogens is 304 g/mol. The monoisotopic (exact) mass is 314 g/mol. The van der Waals surface area contributed by atoms with E-state index in [4.69, 9.17) is 10.5 Å². The Labute approximate surface area is 112 Å². The van der Waals surface area contributed by atoms with Crippen molar-refractivity contribution < 1.29 is 19.1 Å². The van der Waals surface area contributed by atoms with Crippen LogP contribution in [0.3, 0.4) is 0 Å². The molecular formula is C11H11BrN2O4. The molecule has 2 amide bonds. The average Bonchev–Trinajstić information content (AvgIpc) is 2.34. The summed E-state index contributed by atoms with van der Waals surface area (Å²) in [5.74, 6) is -0.837. The third-order valence-corrected chi connectivity index (χ3v) is 2.41. The van der Waals surface area contributed by atoms with Crippen molar-refractivity contribution in [2.24, 2.45) is 5.73 Å². The second-order valence-electron chi connectivity index (χ2n) is 3.33. The highest BCUT2D eigenvalue weighted by Gasteiger charge is 2.07. The first-order chi connectivity index (χ1) is 8.52. The Morgan fingerprint density at radius 1 is 1.44 bits per heavy atom. The molecule has 0 heterocycles. The number of rotatable bonds is 6. The van der Waals surface area contributed by atoms with Gasteiger partial charge >= 0.3 is 0 Å². The second kappa shape index (κ2) is 6.75. The predicted octanol–water partition coefficient (Wildman–Crippen LogP) is 0.242. The van der Waals surface area contributed by atoms with Crippen LogP contribution in [0.15, 0.2) is 22.7 Å². The number of carbonyl (C=O) groups is 3. The van der Waals surface area contributed by atoms with E-state index in [1.165, 1.54) is 0 Å². The fraction of sp³-hybridized carbons (Fsp3) is 0.182. The third-order valence-electron chi connectivity index (χ3n) is 1.92. The Morgan fingerprint density at radius 2 is 2.17 bits per heavy atom. The zero-order chi connectivity index (χ0) is 13.5. The van der Waals surface area contributed by atoms with E-state index in [1.807, 2.05) is 0 Å². The first-order valence-corrected chi connectivity index (χ1v) is 5.74. The standard InChI is InChI=1S/C11H11BrN2O4/c12-8-1-2-9(7(3-8)5-15)18-6-11(17)14-4-10(13)16/h1-3,5H,4,6H2,(H2,13,16)(H,14,17). The van der Waals surface area contributed by atoms with E-state index in [1.54, 1.807) is 18.2 Å². The van der Waals surface area contributed by atoms with E-state index in [9.17, 15) is 14.4 Å². The van der Waals surface area contributed by atoms with Crippen molar-refractivity contribution in [2.45, 2.75) is 0 Å². The van der Waals surface area contributed by atoms with Crippen molar-refractivity contribution in [3.05, 3.63) is 28.2 Å². The number of halogens is 1. The zero-order valence-corrected chi connectivity index (χ0v) is 10.9. The van der Waals surface area contributed by atoms with Gasteiger partial charge in [-0.15, -0.1) is 0 Å². The molecule has 0 aliphatic heterocycles. The van der Waals surface area contributed by atoms with E-state index in [2.05, 4.69) is 21.2 Å². The number of hydrogen-bond donors (Lipinski definition) is 2. The summed E-state index contributed by atoms with van der Waals surface area (Å²) in [5.41, 5.74) is 5.19. The molecule has 0 saturated heterocycles. The van der Waals surface area contributed by atoms with Gasteiger partial charge in [-0.3, -0.25) is 14.4 Å². The molecule has 1 rings (SSSR count). The Morgan fingerprint density at radius 3 is 2.78 bits per heavy atom. The summed E-state index contributed by atoms with van der Waals surface area (Å²) in [7, 11) is 0. The van der Waals surface area contributed by atoms with Gasteiger partial charge in [0.05, 0.1) is 12.1 Å². The highest BCUT2D eigenvalue weighted by Crippen LogP contribution is 2.21. The van der Waals surface area contributed by atoms with E-state index >= 15 is 0 Å². The molecule has 0 aliphatic carbocycles. The lowest BCUT2D eigenvalue weighted by atomic mass is 10.2. The van der Waals surface area contributed by atoms with Crippen molar-refractivity contribution in [1.29, 1.82) is 0 Å². The van der Waals surface area contributed by atoms with E-state index < -0.39 is 11.8 Å². The van der Waals surface area contributed by atoms with Gasteiger partial charge in [0.1, 0.15) is 5.75 Å². The van der Waals surface area contributed by atoms with Crippen molar-refractivity contribution in [3.8, 4) is 5.75 Å². The molecule has 96 valence electrons. The Kier molecular flexibility index (Phi) is 5.31. The molecule has 18 heavy (non-hydrogen) atoms. The summed E-state index contributed by atoms with van der Waals surface area (Å²) in [6.07, 6.45) is 0.626. The van der Waals surface area contributed by atoms with Crippen molar-refractivity contribution in [3.63, 3.8) is 0 Å². The SMILES string of the molecule is NC(=O)CNC(=O)COc1ccc(Br)cc1C=O. The molecule has 0 unspecified atom stereocenters. The molecule has 0 saturated carbocycles. The van der Waals surface area contributed by atoms with Gasteiger partial charge in [-0.05, 0) is 18.2 Å². The molecule has 0 atom stereocenters. The van der Waals surface area contributed by atoms with Crippen LogP contribution >= 0.6 is 15.9 Å². The molecule has 7 heteroatoms. The molecule has 0 spiro atoms. The minimum absolute atomic E-state index is 0.247. The van der Waals surface area contributed by atoms with Crippen LogP contribution < -0.4 is 15.8 Å². The van der Waals surface area contributed by atoms with Gasteiger partial charge in [-0.25, -0.2) is 0 Å². The average molecular weight is 315 g/mol. The minimum atomic E-state index is -0.638. The molecule has 0 bridgehead atoms. The Bertz CT molecular complexity index is 476. The highest BCUT2D eigenvalue weighted by atomic mass is 79.9. The first-order valence-electron chi connectivity index (χ1n) is 4.95. The van der Waals surface area contributed by atoms with Crippen LogP contribution in [0.1, 0.15) is 10.4 Å². The number of carbonyl (C=O) groups excluding carboxylic acids is 3. The quantitative estimate of drug-likeness (QED) is 0.735. The van der Waals surface area contributed by atoms with Crippen LogP contribution in [0.2, 0.25) is 0 Å². The summed E-state index contributed by atoms with van der Waals surface area (Å²) in [5, 5.41) is 2.27. The fourth-order valence-corrected chi connectivity index (χ4v) is 1.50. The number of amides is 2. The molecule has 1 aromatic carbocycles. The molecule has 0 aliphatic rings. The zero-order valence-electron chi connectivity index (χ0n) is 9.31. The molecule has 0 radical (unpaired) electrons. The largest absolute Gasteiger partial charge is 0.483 e. The van der Waals surface area contributed by atoms with E-state index in [0.29, 0.717) is 17.6 Å². The summed E-state index contributed by atoms with van der Waals surface area (Å²) < 4.78 is 5.89. The van der Waals surface area contributed by atoms with Gasteiger partial charge in [-0.2, -0.15) is 0 Å². The van der Waals surface area contributed by atoms with Gasteiger partial charge in [0, 0.05) is 4.47 Å². The van der Waals surface area contributed by atoms with Gasteiger partial charge < -0.3 is 15.8 Å². The fourth-order valence-electron chi connectivity index (χ4n) is 1.12. The van der Waals surface area contributed by atoms with E-state index in [-0.39, 0.29) is 13.2 Å². The van der Waals surface area contributed by atoms with Crippen molar-refractivity contribution >= 4 is 34.0 Å². The lowest BCUT2D eigenvalue weighted by Crippen LogP contribution is -2.36. The van der Waals surface area contributed by atoms with Gasteiger partial charge in [-0.1, -0.05) is 15.9 Å². The Balaban J connectivity index is 2.55. The Hall–Kier alpha value is -1.89. The van der Waals surface area contributed by atoms with Crippen LogP contribution in [0.5, 0.6) is 5.75 Å².